The number of anilines is 1. The Morgan fingerprint density at radius 1 is 1.44 bits per heavy atom. The molecular weight excluding hydrogens is 225 g/mol. The lowest BCUT2D eigenvalue weighted by atomic mass is 10.3. The van der Waals surface area contributed by atoms with Crippen LogP contribution >= 0.6 is 11.3 Å². The Labute approximate surface area is 97.6 Å². The highest BCUT2D eigenvalue weighted by molar-refractivity contribution is 7.09. The third-order valence-corrected chi connectivity index (χ3v) is 3.24. The summed E-state index contributed by atoms with van der Waals surface area (Å²) >= 11 is 1.60. The SMILES string of the molecule is Cc1ncsc1CN(C)c1cccc(F)n1. The molecule has 0 bridgehead atoms. The molecule has 2 rings (SSSR count). The number of halogens is 1. The molecule has 84 valence electrons. The van der Waals surface area contributed by atoms with Crippen LogP contribution in [0.1, 0.15) is 10.6 Å². The van der Waals surface area contributed by atoms with Gasteiger partial charge in [0.25, 0.3) is 0 Å². The predicted molar refractivity (Wildman–Crippen MR) is 63.2 cm³/mol. The first-order valence-electron chi connectivity index (χ1n) is 4.89. The van der Waals surface area contributed by atoms with E-state index in [1.165, 1.54) is 10.9 Å². The van der Waals surface area contributed by atoms with Crippen LogP contribution in [0.25, 0.3) is 0 Å². The fourth-order valence-corrected chi connectivity index (χ4v) is 2.21. The molecule has 0 fully saturated rings. The van der Waals surface area contributed by atoms with Crippen LogP contribution in [0.15, 0.2) is 23.7 Å². The van der Waals surface area contributed by atoms with Crippen molar-refractivity contribution in [2.24, 2.45) is 0 Å². The molecule has 0 saturated carbocycles. The summed E-state index contributed by atoms with van der Waals surface area (Å²) in [5.41, 5.74) is 2.84. The van der Waals surface area contributed by atoms with E-state index in [4.69, 9.17) is 0 Å². The Kier molecular flexibility index (Phi) is 3.14. The summed E-state index contributed by atoms with van der Waals surface area (Å²) in [5.74, 6) is 0.179. The van der Waals surface area contributed by atoms with Crippen molar-refractivity contribution in [3.8, 4) is 0 Å². The molecule has 0 aliphatic carbocycles. The maximum absolute atomic E-state index is 12.9. The van der Waals surface area contributed by atoms with Crippen molar-refractivity contribution >= 4 is 17.2 Å². The van der Waals surface area contributed by atoms with Crippen molar-refractivity contribution in [1.82, 2.24) is 9.97 Å². The standard InChI is InChI=1S/C11H12FN3S/c1-8-9(16-7-13-8)6-15(2)11-5-3-4-10(12)14-11/h3-5,7H,6H2,1-2H3. The van der Waals surface area contributed by atoms with Gasteiger partial charge < -0.3 is 4.90 Å². The number of rotatable bonds is 3. The van der Waals surface area contributed by atoms with E-state index in [1.54, 1.807) is 23.5 Å². The number of pyridine rings is 1. The highest BCUT2D eigenvalue weighted by Crippen LogP contribution is 2.17. The second-order valence-electron chi connectivity index (χ2n) is 3.54. The molecule has 3 nitrogen and oxygen atoms in total. The molecule has 0 radical (unpaired) electrons. The second kappa shape index (κ2) is 4.57. The van der Waals surface area contributed by atoms with Crippen LogP contribution in [0, 0.1) is 12.9 Å². The lowest BCUT2D eigenvalue weighted by Gasteiger charge is -2.17. The first-order valence-corrected chi connectivity index (χ1v) is 5.77. The Morgan fingerprint density at radius 3 is 2.88 bits per heavy atom. The molecule has 16 heavy (non-hydrogen) atoms. The molecule has 0 saturated heterocycles. The molecule has 0 amide bonds. The van der Waals surface area contributed by atoms with Gasteiger partial charge in [-0.3, -0.25) is 0 Å². The molecule has 2 aromatic rings. The molecule has 0 aliphatic rings. The first-order chi connectivity index (χ1) is 7.66. The van der Waals surface area contributed by atoms with Crippen LogP contribution in [0.3, 0.4) is 0 Å². The van der Waals surface area contributed by atoms with Crippen LogP contribution in [0.2, 0.25) is 0 Å². The van der Waals surface area contributed by atoms with Crippen LogP contribution in [0.4, 0.5) is 10.2 Å². The van der Waals surface area contributed by atoms with E-state index in [0.29, 0.717) is 12.4 Å². The number of hydrogen-bond donors (Lipinski definition) is 0. The van der Waals surface area contributed by atoms with Crippen LogP contribution in [0.5, 0.6) is 0 Å². The summed E-state index contributed by atoms with van der Waals surface area (Å²) in [6.07, 6.45) is 0. The molecule has 0 atom stereocenters. The summed E-state index contributed by atoms with van der Waals surface area (Å²) in [7, 11) is 1.89. The van der Waals surface area contributed by atoms with Crippen molar-refractivity contribution in [3.63, 3.8) is 0 Å². The van der Waals surface area contributed by atoms with Crippen LogP contribution in [-0.4, -0.2) is 17.0 Å². The number of hydrogen-bond acceptors (Lipinski definition) is 4. The van der Waals surface area contributed by atoms with Crippen LogP contribution < -0.4 is 4.90 Å². The summed E-state index contributed by atoms with van der Waals surface area (Å²) in [5, 5.41) is 0. The highest BCUT2D eigenvalue weighted by Gasteiger charge is 2.07. The zero-order valence-corrected chi connectivity index (χ0v) is 9.96. The number of thiazole rings is 1. The van der Waals surface area contributed by atoms with Crippen molar-refractivity contribution in [3.05, 3.63) is 40.2 Å². The van der Waals surface area contributed by atoms with E-state index in [-0.39, 0.29) is 0 Å². The van der Waals surface area contributed by atoms with E-state index < -0.39 is 5.95 Å². The second-order valence-corrected chi connectivity index (χ2v) is 4.47. The summed E-state index contributed by atoms with van der Waals surface area (Å²) in [4.78, 5) is 11.1. The van der Waals surface area contributed by atoms with Gasteiger partial charge in [-0.25, -0.2) is 9.97 Å². The topological polar surface area (TPSA) is 29.0 Å². The molecular formula is C11H12FN3S. The number of aromatic nitrogens is 2. The smallest absolute Gasteiger partial charge is 0.214 e. The summed E-state index contributed by atoms with van der Waals surface area (Å²) in [6.45, 7) is 2.67. The Balaban J connectivity index is 2.14. The summed E-state index contributed by atoms with van der Waals surface area (Å²) in [6, 6.07) is 4.79. The van der Waals surface area contributed by atoms with E-state index in [2.05, 4.69) is 9.97 Å². The van der Waals surface area contributed by atoms with E-state index in [9.17, 15) is 4.39 Å². The molecule has 0 unspecified atom stereocenters. The molecule has 0 N–H and O–H groups in total. The minimum absolute atomic E-state index is 0.453. The van der Waals surface area contributed by atoms with Gasteiger partial charge in [-0.1, -0.05) is 6.07 Å². The maximum atomic E-state index is 12.9. The van der Waals surface area contributed by atoms with Gasteiger partial charge in [0.2, 0.25) is 5.95 Å². The van der Waals surface area contributed by atoms with Crippen molar-refractivity contribution in [1.29, 1.82) is 0 Å². The molecule has 0 aromatic carbocycles. The zero-order valence-electron chi connectivity index (χ0n) is 9.14. The quantitative estimate of drug-likeness (QED) is 0.768. The maximum Gasteiger partial charge on any atom is 0.214 e. The van der Waals surface area contributed by atoms with Crippen molar-refractivity contribution in [2.75, 3.05) is 11.9 Å². The Bertz CT molecular complexity index is 484. The zero-order chi connectivity index (χ0) is 11.5. The fraction of sp³-hybridized carbons (Fsp3) is 0.273. The third-order valence-electron chi connectivity index (χ3n) is 2.32. The Morgan fingerprint density at radius 2 is 2.25 bits per heavy atom. The largest absolute Gasteiger partial charge is 0.354 e. The van der Waals surface area contributed by atoms with Gasteiger partial charge in [-0.05, 0) is 19.1 Å². The highest BCUT2D eigenvalue weighted by atomic mass is 32.1. The molecule has 2 aromatic heterocycles. The molecule has 5 heteroatoms. The average Bonchev–Trinajstić information content (AvgIpc) is 2.64. The normalized spacial score (nSPS) is 10.4. The lowest BCUT2D eigenvalue weighted by molar-refractivity contribution is 0.582. The van der Waals surface area contributed by atoms with Gasteiger partial charge in [-0.15, -0.1) is 11.3 Å². The van der Waals surface area contributed by atoms with Crippen LogP contribution in [-0.2, 0) is 6.54 Å². The number of aryl methyl sites for hydroxylation is 1. The fourth-order valence-electron chi connectivity index (χ4n) is 1.38. The predicted octanol–water partition coefficient (Wildman–Crippen LogP) is 2.62. The average molecular weight is 237 g/mol. The minimum Gasteiger partial charge on any atom is -0.354 e. The molecule has 0 aliphatic heterocycles. The van der Waals surface area contributed by atoms with Gasteiger partial charge in [0, 0.05) is 11.9 Å². The van der Waals surface area contributed by atoms with Gasteiger partial charge in [0.1, 0.15) is 5.82 Å². The Hall–Kier alpha value is -1.49. The van der Waals surface area contributed by atoms with Gasteiger partial charge in [0.15, 0.2) is 0 Å². The van der Waals surface area contributed by atoms with E-state index >= 15 is 0 Å². The van der Waals surface area contributed by atoms with Gasteiger partial charge in [-0.2, -0.15) is 4.39 Å². The monoisotopic (exact) mass is 237 g/mol. The summed E-state index contributed by atoms with van der Waals surface area (Å²) < 4.78 is 12.9. The van der Waals surface area contributed by atoms with E-state index in [1.807, 2.05) is 24.4 Å². The van der Waals surface area contributed by atoms with Gasteiger partial charge >= 0.3 is 0 Å². The number of nitrogens with zero attached hydrogens (tertiary/aromatic N) is 3. The lowest BCUT2D eigenvalue weighted by Crippen LogP contribution is -2.17. The molecule has 2 heterocycles. The molecule has 0 spiro atoms. The third kappa shape index (κ3) is 2.36. The minimum atomic E-state index is -0.453. The van der Waals surface area contributed by atoms with Gasteiger partial charge in [0.05, 0.1) is 17.7 Å². The first kappa shape index (κ1) is 11.0. The van der Waals surface area contributed by atoms with Crippen molar-refractivity contribution < 1.29 is 4.39 Å². The van der Waals surface area contributed by atoms with Crippen molar-refractivity contribution in [2.45, 2.75) is 13.5 Å². The van der Waals surface area contributed by atoms with E-state index in [0.717, 1.165) is 5.69 Å².